The van der Waals surface area contributed by atoms with Gasteiger partial charge in [-0.2, -0.15) is 0 Å². The van der Waals surface area contributed by atoms with E-state index in [-0.39, 0.29) is 11.5 Å². The number of carbonyl (C=O) groups is 1. The molecule has 0 aliphatic carbocycles. The number of hydrogen-bond donors (Lipinski definition) is 0. The van der Waals surface area contributed by atoms with Crippen molar-refractivity contribution < 1.29 is 9.53 Å². The Morgan fingerprint density at radius 1 is 1.18 bits per heavy atom. The number of hydrogen-bond acceptors (Lipinski definition) is 5. The lowest BCUT2D eigenvalue weighted by atomic mass is 9.94. The first-order chi connectivity index (χ1) is 16.4. The fourth-order valence-corrected chi connectivity index (χ4v) is 5.42. The van der Waals surface area contributed by atoms with E-state index in [0.717, 1.165) is 11.1 Å². The number of para-hydroxylation sites is 1. The zero-order valence-electron chi connectivity index (χ0n) is 19.5. The summed E-state index contributed by atoms with van der Waals surface area (Å²) in [5.41, 5.74) is 2.33. The highest BCUT2D eigenvalue weighted by molar-refractivity contribution is 7.07. The van der Waals surface area contributed by atoms with Crippen molar-refractivity contribution in [2.24, 2.45) is 4.99 Å². The Hall–Kier alpha value is -3.16. The molecule has 1 amide bonds. The summed E-state index contributed by atoms with van der Waals surface area (Å²) in [6, 6.07) is 14.2. The third kappa shape index (κ3) is 4.21. The predicted molar refractivity (Wildman–Crippen MR) is 136 cm³/mol. The van der Waals surface area contributed by atoms with Crippen molar-refractivity contribution in [3.63, 3.8) is 0 Å². The van der Waals surface area contributed by atoms with Gasteiger partial charge in [-0.05, 0) is 44.5 Å². The number of ether oxygens (including phenoxy) is 1. The molecule has 0 saturated heterocycles. The highest BCUT2D eigenvalue weighted by atomic mass is 35.5. The number of allylic oxidation sites excluding steroid dienone is 1. The molecular formula is C26H26ClN3O3S. The van der Waals surface area contributed by atoms with Crippen LogP contribution in [0.2, 0.25) is 5.02 Å². The van der Waals surface area contributed by atoms with Crippen LogP contribution in [0.15, 0.2) is 69.6 Å². The van der Waals surface area contributed by atoms with Crippen LogP contribution in [-0.4, -0.2) is 35.6 Å². The minimum Gasteiger partial charge on any atom is -0.496 e. The second kappa shape index (κ2) is 9.99. The number of methoxy groups -OCH3 is 1. The Bertz CT molecular complexity index is 1450. The smallest absolute Gasteiger partial charge is 0.271 e. The summed E-state index contributed by atoms with van der Waals surface area (Å²) in [4.78, 5) is 34.4. The standard InChI is InChI=1S/C26H26ClN3O3S/c1-5-29(6-2)25(32)22-16(3)28-26-30(23(22)18-12-8-10-14-20(18)33-4)24(31)21(34-26)15-17-11-7-9-13-19(17)27/h7-15,23H,5-6H2,1-4H3/b21-15+/t23-/m0/s1. The van der Waals surface area contributed by atoms with E-state index in [1.165, 1.54) is 11.3 Å². The Labute approximate surface area is 207 Å². The molecule has 0 spiro atoms. The van der Waals surface area contributed by atoms with Gasteiger partial charge in [-0.25, -0.2) is 4.99 Å². The molecule has 2 aromatic carbocycles. The second-order valence-corrected chi connectivity index (χ2v) is 9.24. The third-order valence-corrected chi connectivity index (χ3v) is 7.26. The molecular weight excluding hydrogens is 470 g/mol. The van der Waals surface area contributed by atoms with Crippen molar-refractivity contribution in [1.29, 1.82) is 0 Å². The van der Waals surface area contributed by atoms with E-state index in [9.17, 15) is 9.59 Å². The van der Waals surface area contributed by atoms with Gasteiger partial charge < -0.3 is 9.64 Å². The number of nitrogens with zero attached hydrogens (tertiary/aromatic N) is 3. The van der Waals surface area contributed by atoms with Crippen molar-refractivity contribution in [2.75, 3.05) is 20.2 Å². The van der Waals surface area contributed by atoms with Crippen LogP contribution in [0, 0.1) is 0 Å². The SMILES string of the molecule is CCN(CC)C(=O)C1=C(C)N=c2s/c(=C/c3ccccc3Cl)c(=O)n2[C@H]1c1ccccc1OC. The fourth-order valence-electron chi connectivity index (χ4n) is 4.20. The van der Waals surface area contributed by atoms with Gasteiger partial charge in [-0.3, -0.25) is 14.2 Å². The molecule has 1 aromatic heterocycles. The lowest BCUT2D eigenvalue weighted by Crippen LogP contribution is -2.43. The van der Waals surface area contributed by atoms with Gasteiger partial charge in [0.05, 0.1) is 22.9 Å². The van der Waals surface area contributed by atoms with E-state index in [0.29, 0.717) is 44.5 Å². The van der Waals surface area contributed by atoms with Gasteiger partial charge in [0.15, 0.2) is 4.80 Å². The first-order valence-corrected chi connectivity index (χ1v) is 12.3. The van der Waals surface area contributed by atoms with Gasteiger partial charge in [0, 0.05) is 23.7 Å². The largest absolute Gasteiger partial charge is 0.496 e. The molecule has 0 saturated carbocycles. The monoisotopic (exact) mass is 495 g/mol. The highest BCUT2D eigenvalue weighted by Crippen LogP contribution is 2.36. The molecule has 176 valence electrons. The Balaban J connectivity index is 2.02. The van der Waals surface area contributed by atoms with Gasteiger partial charge in [0.1, 0.15) is 11.8 Å². The topological polar surface area (TPSA) is 63.9 Å². The van der Waals surface area contributed by atoms with Gasteiger partial charge in [-0.1, -0.05) is 59.3 Å². The second-order valence-electron chi connectivity index (χ2n) is 7.82. The molecule has 6 nitrogen and oxygen atoms in total. The molecule has 0 radical (unpaired) electrons. The van der Waals surface area contributed by atoms with Crippen LogP contribution in [-0.2, 0) is 4.79 Å². The molecule has 34 heavy (non-hydrogen) atoms. The van der Waals surface area contributed by atoms with Crippen LogP contribution in [0.3, 0.4) is 0 Å². The summed E-state index contributed by atoms with van der Waals surface area (Å²) in [6.07, 6.45) is 1.77. The molecule has 1 atom stereocenters. The summed E-state index contributed by atoms with van der Waals surface area (Å²) in [6.45, 7) is 6.82. The summed E-state index contributed by atoms with van der Waals surface area (Å²) in [7, 11) is 1.59. The van der Waals surface area contributed by atoms with Crippen molar-refractivity contribution in [3.8, 4) is 5.75 Å². The number of amides is 1. The van der Waals surface area contributed by atoms with E-state index >= 15 is 0 Å². The van der Waals surface area contributed by atoms with Crippen LogP contribution < -0.4 is 19.6 Å². The molecule has 4 rings (SSSR count). The molecule has 8 heteroatoms. The molecule has 0 unspecified atom stereocenters. The predicted octanol–water partition coefficient (Wildman–Crippen LogP) is 3.77. The van der Waals surface area contributed by atoms with Crippen LogP contribution in [0.4, 0.5) is 0 Å². The van der Waals surface area contributed by atoms with Crippen molar-refractivity contribution in [2.45, 2.75) is 26.8 Å². The van der Waals surface area contributed by atoms with E-state index in [1.807, 2.05) is 63.2 Å². The summed E-state index contributed by atoms with van der Waals surface area (Å²) in [5, 5.41) is 0.559. The van der Waals surface area contributed by atoms with E-state index in [1.54, 1.807) is 28.7 Å². The summed E-state index contributed by atoms with van der Waals surface area (Å²) >= 11 is 7.62. The normalized spacial score (nSPS) is 15.7. The number of rotatable bonds is 6. The van der Waals surface area contributed by atoms with Crippen molar-refractivity contribution in [1.82, 2.24) is 9.47 Å². The first-order valence-electron chi connectivity index (χ1n) is 11.1. The van der Waals surface area contributed by atoms with Crippen LogP contribution >= 0.6 is 22.9 Å². The Morgan fingerprint density at radius 3 is 2.53 bits per heavy atom. The number of benzene rings is 2. The van der Waals surface area contributed by atoms with Gasteiger partial charge in [0.25, 0.3) is 11.5 Å². The molecule has 0 N–H and O–H groups in total. The maximum Gasteiger partial charge on any atom is 0.271 e. The molecule has 1 aliphatic rings. The Morgan fingerprint density at radius 2 is 1.85 bits per heavy atom. The summed E-state index contributed by atoms with van der Waals surface area (Å²) < 4.78 is 7.74. The number of aromatic nitrogens is 1. The zero-order valence-corrected chi connectivity index (χ0v) is 21.1. The molecule has 0 bridgehead atoms. The molecule has 2 heterocycles. The summed E-state index contributed by atoms with van der Waals surface area (Å²) in [5.74, 6) is 0.468. The molecule has 3 aromatic rings. The van der Waals surface area contributed by atoms with Gasteiger partial charge in [0.2, 0.25) is 0 Å². The van der Waals surface area contributed by atoms with Gasteiger partial charge in [-0.15, -0.1) is 0 Å². The first kappa shape index (κ1) is 24.0. The average molecular weight is 496 g/mol. The molecule has 1 aliphatic heterocycles. The number of halogens is 1. The van der Waals surface area contributed by atoms with E-state index in [4.69, 9.17) is 21.3 Å². The lowest BCUT2D eigenvalue weighted by molar-refractivity contribution is -0.127. The highest BCUT2D eigenvalue weighted by Gasteiger charge is 2.35. The van der Waals surface area contributed by atoms with E-state index < -0.39 is 6.04 Å². The van der Waals surface area contributed by atoms with Crippen molar-refractivity contribution in [3.05, 3.63) is 95.6 Å². The number of carbonyl (C=O) groups excluding carboxylic acids is 1. The quantitative estimate of drug-likeness (QED) is 0.523. The maximum atomic E-state index is 13.7. The minimum atomic E-state index is -0.658. The number of likely N-dealkylation sites (N-methyl/N-ethyl adjacent to an activating group) is 1. The Kier molecular flexibility index (Phi) is 7.05. The lowest BCUT2D eigenvalue weighted by Gasteiger charge is -2.29. The maximum absolute atomic E-state index is 13.7. The van der Waals surface area contributed by atoms with Crippen molar-refractivity contribution >= 4 is 34.9 Å². The molecule has 0 fully saturated rings. The van der Waals surface area contributed by atoms with Gasteiger partial charge >= 0.3 is 0 Å². The average Bonchev–Trinajstić information content (AvgIpc) is 3.14. The third-order valence-electron chi connectivity index (χ3n) is 5.93. The van der Waals surface area contributed by atoms with Crippen LogP contribution in [0.1, 0.15) is 37.9 Å². The number of thiazole rings is 1. The fraction of sp³-hybridized carbons (Fsp3) is 0.269. The van der Waals surface area contributed by atoms with Crippen LogP contribution in [0.5, 0.6) is 5.75 Å². The van der Waals surface area contributed by atoms with E-state index in [2.05, 4.69) is 0 Å². The zero-order chi connectivity index (χ0) is 24.4. The van der Waals surface area contributed by atoms with Crippen LogP contribution in [0.25, 0.3) is 6.08 Å². The minimum absolute atomic E-state index is 0.137. The number of fused-ring (bicyclic) bond motifs is 1.